The van der Waals surface area contributed by atoms with E-state index in [4.69, 9.17) is 20.3 Å². The largest absolute Gasteiger partial charge is 0.487 e. The number of carbonyl (C=O) groups excluding carboxylic acids is 6. The second-order valence-corrected chi connectivity index (χ2v) is 20.9. The van der Waals surface area contributed by atoms with E-state index >= 15 is 0 Å². The Morgan fingerprint density at radius 2 is 1.48 bits per heavy atom. The lowest BCUT2D eigenvalue weighted by Gasteiger charge is -2.32. The first-order valence-electron chi connectivity index (χ1n) is 23.1. The van der Waals surface area contributed by atoms with Gasteiger partial charge in [-0.25, -0.2) is 17.9 Å². The number of fused-ring (bicyclic) bond motifs is 1. The predicted octanol–water partition coefficient (Wildman–Crippen LogP) is 1.62. The van der Waals surface area contributed by atoms with Gasteiger partial charge in [0.2, 0.25) is 35.5 Å². The Bertz CT molecular complexity index is 2440. The van der Waals surface area contributed by atoms with Gasteiger partial charge in [-0.3, -0.25) is 33.8 Å². The molecule has 0 saturated carbocycles. The smallest absolute Gasteiger partial charge is 0.408 e. The van der Waals surface area contributed by atoms with Gasteiger partial charge in [-0.2, -0.15) is 0 Å². The van der Waals surface area contributed by atoms with Crippen molar-refractivity contribution in [2.75, 3.05) is 32.7 Å². The first kappa shape index (κ1) is 53.5. The Morgan fingerprint density at radius 3 is 2.09 bits per heavy atom. The zero-order valence-electron chi connectivity index (χ0n) is 40.7. The van der Waals surface area contributed by atoms with Crippen LogP contribution < -0.4 is 36.5 Å². The van der Waals surface area contributed by atoms with E-state index in [0.717, 1.165) is 16.7 Å². The van der Waals surface area contributed by atoms with Gasteiger partial charge in [-0.15, -0.1) is 0 Å². The molecule has 8 N–H and O–H groups in total. The number of carboxylic acids is 1. The first-order valence-corrected chi connectivity index (χ1v) is 24.6. The maximum absolute atomic E-state index is 14.5. The molecule has 4 atom stereocenters. The molecular weight excluding hydrogens is 915 g/mol. The molecule has 21 nitrogen and oxygen atoms in total. The van der Waals surface area contributed by atoms with Crippen LogP contribution in [0.1, 0.15) is 101 Å². The number of guanidine groups is 1. The topological polar surface area (TPSA) is 297 Å². The highest BCUT2D eigenvalue weighted by Crippen LogP contribution is 2.44. The Balaban J connectivity index is 1.34. The molecule has 0 radical (unpaired) electrons. The average molecular weight is 982 g/mol. The number of benzene rings is 2. The van der Waals surface area contributed by atoms with E-state index in [1.165, 1.54) is 9.80 Å². The van der Waals surface area contributed by atoms with Gasteiger partial charge in [0.1, 0.15) is 47.7 Å². The Morgan fingerprint density at radius 1 is 0.870 bits per heavy atom. The lowest BCUT2D eigenvalue weighted by atomic mass is 9.93. The van der Waals surface area contributed by atoms with Gasteiger partial charge in [-0.1, -0.05) is 30.3 Å². The van der Waals surface area contributed by atoms with E-state index in [9.17, 15) is 42.0 Å². The standard InChI is InChI=1S/C47H67N9O12S/c1-27-28(2)39(29(3)38-31(27)24-47(7,8)67-38)69(65,66)54-44(48)49-20-12-17-32(42(62)55-21-13-18-34(55)40(60)51-25-36(57)50-26-37(58)59)52-41(61)35-19-14-22-56(35)43(63)33(23-30-15-10-9-11-16-30)53-45(64)68-46(4,5)6/h9-11,15-16,32-35H,12-14,17-26H2,1-8H3,(H,50,57)(H,51,60)(H,52,61)(H,53,64)(H,58,59)(H3,48,49,54)/t32-,33+,34-,35-/m0/s1. The monoisotopic (exact) mass is 981 g/mol. The van der Waals surface area contributed by atoms with Gasteiger partial charge in [-0.05, 0) is 111 Å². The molecule has 6 amide bonds. The summed E-state index contributed by atoms with van der Waals surface area (Å²) in [5.41, 5.74) is 8.28. The van der Waals surface area contributed by atoms with Gasteiger partial charge in [0.05, 0.1) is 11.4 Å². The van der Waals surface area contributed by atoms with Crippen LogP contribution in [0.15, 0.2) is 40.2 Å². The van der Waals surface area contributed by atoms with Gasteiger partial charge in [0, 0.05) is 43.6 Å². The number of amides is 6. The van der Waals surface area contributed by atoms with Crippen LogP contribution in [-0.2, 0) is 56.4 Å². The van der Waals surface area contributed by atoms with E-state index in [1.54, 1.807) is 58.9 Å². The summed E-state index contributed by atoms with van der Waals surface area (Å²) in [4.78, 5) is 99.4. The molecule has 2 saturated heterocycles. The number of sulfonamides is 1. The minimum Gasteiger partial charge on any atom is -0.487 e. The lowest BCUT2D eigenvalue weighted by Crippen LogP contribution is -2.58. The van der Waals surface area contributed by atoms with Crippen LogP contribution in [0, 0.1) is 20.8 Å². The van der Waals surface area contributed by atoms with Gasteiger partial charge < -0.3 is 51.4 Å². The fourth-order valence-electron chi connectivity index (χ4n) is 8.94. The Hall–Kier alpha value is -6.45. The molecule has 2 fully saturated rings. The fourth-order valence-corrected chi connectivity index (χ4v) is 10.4. The zero-order chi connectivity index (χ0) is 51.0. The molecule has 2 aromatic carbocycles. The summed E-state index contributed by atoms with van der Waals surface area (Å²) in [5.74, 6) is -4.37. The number of carboxylic acid groups (broad SMARTS) is 1. The number of nitrogens with zero attached hydrogens (tertiary/aromatic N) is 3. The Labute approximate surface area is 403 Å². The van der Waals surface area contributed by atoms with E-state index in [2.05, 4.69) is 31.0 Å². The van der Waals surface area contributed by atoms with Crippen LogP contribution in [0.2, 0.25) is 0 Å². The maximum atomic E-state index is 14.5. The highest BCUT2D eigenvalue weighted by molar-refractivity contribution is 7.90. The van der Waals surface area contributed by atoms with E-state index in [0.29, 0.717) is 36.1 Å². The average Bonchev–Trinajstić information content (AvgIpc) is 4.03. The van der Waals surface area contributed by atoms with Crippen molar-refractivity contribution in [2.45, 2.75) is 147 Å². The number of aliphatic imine (C=N–C) groups is 1. The van der Waals surface area contributed by atoms with Crippen LogP contribution >= 0.6 is 0 Å². The molecule has 3 aliphatic rings. The summed E-state index contributed by atoms with van der Waals surface area (Å²) in [7, 11) is -4.24. The number of rotatable bonds is 18. The Kier molecular flexibility index (Phi) is 17.3. The van der Waals surface area contributed by atoms with Crippen LogP contribution in [0.25, 0.3) is 0 Å². The summed E-state index contributed by atoms with van der Waals surface area (Å²) in [6.45, 7) is 13.2. The zero-order valence-corrected chi connectivity index (χ0v) is 41.5. The predicted molar refractivity (Wildman–Crippen MR) is 253 cm³/mol. The van der Waals surface area contributed by atoms with Crippen molar-refractivity contribution in [3.8, 4) is 5.75 Å². The molecule has 69 heavy (non-hydrogen) atoms. The first-order chi connectivity index (χ1) is 32.3. The van der Waals surface area contributed by atoms with Gasteiger partial charge >= 0.3 is 12.1 Å². The quantitative estimate of drug-likeness (QED) is 0.0636. The highest BCUT2D eigenvalue weighted by Gasteiger charge is 2.42. The molecule has 5 rings (SSSR count). The number of aliphatic carboxylic acids is 1. The third kappa shape index (κ3) is 14.1. The van der Waals surface area contributed by atoms with Crippen molar-refractivity contribution in [3.63, 3.8) is 0 Å². The summed E-state index contributed by atoms with van der Waals surface area (Å²) in [5, 5.41) is 19.0. The summed E-state index contributed by atoms with van der Waals surface area (Å²) in [6, 6.07) is 4.59. The number of hydrogen-bond acceptors (Lipinski definition) is 12. The van der Waals surface area contributed by atoms with Crippen LogP contribution in [0.3, 0.4) is 0 Å². The molecule has 0 unspecified atom stereocenters. The molecule has 22 heteroatoms. The van der Waals surface area contributed by atoms with E-state index in [1.807, 2.05) is 26.8 Å². The van der Waals surface area contributed by atoms with Crippen LogP contribution in [0.5, 0.6) is 5.75 Å². The van der Waals surface area contributed by atoms with Crippen LogP contribution in [-0.4, -0.2) is 139 Å². The number of carbonyl (C=O) groups is 7. The van der Waals surface area contributed by atoms with E-state index in [-0.39, 0.29) is 56.6 Å². The fraction of sp³-hybridized carbons (Fsp3) is 0.574. The van der Waals surface area contributed by atoms with E-state index < -0.39 is 106 Å². The third-order valence-electron chi connectivity index (χ3n) is 12.2. The number of likely N-dealkylation sites (tertiary alicyclic amines) is 2. The molecule has 0 spiro atoms. The molecular formula is C47H67N9O12S. The molecule has 0 aromatic heterocycles. The van der Waals surface area contributed by atoms with Crippen molar-refractivity contribution in [1.82, 2.24) is 35.8 Å². The van der Waals surface area contributed by atoms with Gasteiger partial charge in [0.25, 0.3) is 10.0 Å². The summed E-state index contributed by atoms with van der Waals surface area (Å²) < 4.78 is 41.6. The van der Waals surface area contributed by atoms with Crippen molar-refractivity contribution in [3.05, 3.63) is 58.1 Å². The second kappa shape index (κ2) is 22.3. The number of nitrogens with one attached hydrogen (secondary N) is 5. The normalized spacial score (nSPS) is 18.6. The molecule has 2 aromatic rings. The molecule has 378 valence electrons. The van der Waals surface area contributed by atoms with Crippen molar-refractivity contribution in [2.24, 2.45) is 10.7 Å². The van der Waals surface area contributed by atoms with Gasteiger partial charge in [0.15, 0.2) is 0 Å². The van der Waals surface area contributed by atoms with Crippen LogP contribution in [0.4, 0.5) is 4.79 Å². The molecule has 3 heterocycles. The number of hydrogen-bond donors (Lipinski definition) is 7. The van der Waals surface area contributed by atoms with Crippen molar-refractivity contribution < 1.29 is 56.6 Å². The van der Waals surface area contributed by atoms with Crippen molar-refractivity contribution in [1.29, 1.82) is 0 Å². The molecule has 0 bridgehead atoms. The number of alkyl carbamates (subject to hydrolysis) is 1. The molecule has 0 aliphatic carbocycles. The third-order valence-corrected chi connectivity index (χ3v) is 13.8. The maximum Gasteiger partial charge on any atom is 0.408 e. The second-order valence-electron chi connectivity index (χ2n) is 19.3. The summed E-state index contributed by atoms with van der Waals surface area (Å²) >= 11 is 0. The van der Waals surface area contributed by atoms with Crippen molar-refractivity contribution >= 4 is 57.6 Å². The summed E-state index contributed by atoms with van der Waals surface area (Å²) in [6.07, 6.45) is 1.30. The molecule has 3 aliphatic heterocycles. The highest BCUT2D eigenvalue weighted by atomic mass is 32.2. The lowest BCUT2D eigenvalue weighted by molar-refractivity contribution is -0.144. The SMILES string of the molecule is Cc1c(C)c(S(=O)(=O)NC(N)=NCCC[C@H](NC(=O)[C@@H]2CCCN2C(=O)[C@@H](Cc2ccccc2)NC(=O)OC(C)(C)C)C(=O)N2CCC[C@H]2C(=O)NCC(=O)NCC(=O)O)c(C)c2c1CC(C)(C)O2. The minimum atomic E-state index is -4.24. The minimum absolute atomic E-state index is 0.0273. The number of nitrogens with two attached hydrogens (primary N) is 1. The number of ether oxygens (including phenoxy) is 2.